The van der Waals surface area contributed by atoms with Crippen molar-refractivity contribution in [3.63, 3.8) is 0 Å². The molecule has 8 heteroatoms. The minimum absolute atomic E-state index is 0. The highest BCUT2D eigenvalue weighted by Gasteiger charge is 2.15. The zero-order valence-corrected chi connectivity index (χ0v) is 18.3. The summed E-state index contributed by atoms with van der Waals surface area (Å²) in [6, 6.07) is 4.21. The largest absolute Gasteiger partial charge is 0.357 e. The lowest BCUT2D eigenvalue weighted by Gasteiger charge is -2.22. The first-order chi connectivity index (χ1) is 12.2. The maximum Gasteiger partial charge on any atom is 0.194 e. The van der Waals surface area contributed by atoms with Crippen molar-refractivity contribution in [1.82, 2.24) is 29.5 Å². The number of aliphatic imine (C=N–C) groups is 1. The van der Waals surface area contributed by atoms with E-state index in [2.05, 4.69) is 68.9 Å². The van der Waals surface area contributed by atoms with Crippen LogP contribution in [0.2, 0.25) is 0 Å². The number of rotatable bonds is 5. The van der Waals surface area contributed by atoms with E-state index in [-0.39, 0.29) is 24.0 Å². The van der Waals surface area contributed by atoms with Crippen LogP contribution in [-0.4, -0.2) is 43.8 Å². The topological polar surface area (TPSA) is 63.3 Å². The molecule has 0 saturated heterocycles. The van der Waals surface area contributed by atoms with E-state index in [1.165, 1.54) is 25.0 Å². The number of hydrogen-bond acceptors (Lipinski definition) is 3. The predicted molar refractivity (Wildman–Crippen MR) is 115 cm³/mol. The van der Waals surface area contributed by atoms with E-state index in [9.17, 15) is 0 Å². The third-order valence-electron chi connectivity index (χ3n) is 4.70. The van der Waals surface area contributed by atoms with Crippen LogP contribution in [0.25, 0.3) is 0 Å². The van der Waals surface area contributed by atoms with Gasteiger partial charge < -0.3 is 19.4 Å². The fourth-order valence-corrected chi connectivity index (χ4v) is 3.26. The standard InChI is InChI=1S/C18H29N7.HI/c1-4-19-18(24(3)14-15-9-8-11-23(15)2)20-13-17-22-21-16-10-6-5-7-12-25(16)17;/h8-9,11H,4-7,10,12-14H2,1-3H3,(H,19,20);1H. The van der Waals surface area contributed by atoms with Crippen molar-refractivity contribution in [2.24, 2.45) is 12.0 Å². The zero-order chi connectivity index (χ0) is 17.6. The van der Waals surface area contributed by atoms with Crippen LogP contribution in [0.3, 0.4) is 0 Å². The molecule has 0 fully saturated rings. The summed E-state index contributed by atoms with van der Waals surface area (Å²) in [5, 5.41) is 12.1. The number of aryl methyl sites for hydroxylation is 2. The van der Waals surface area contributed by atoms with Crippen molar-refractivity contribution in [3.8, 4) is 0 Å². The monoisotopic (exact) mass is 471 g/mol. The van der Waals surface area contributed by atoms with Gasteiger partial charge in [0, 0.05) is 45.5 Å². The molecule has 0 radical (unpaired) electrons. The zero-order valence-electron chi connectivity index (χ0n) is 16.0. The second kappa shape index (κ2) is 9.94. The second-order valence-electron chi connectivity index (χ2n) is 6.63. The summed E-state index contributed by atoms with van der Waals surface area (Å²) in [7, 11) is 4.14. The van der Waals surface area contributed by atoms with Crippen molar-refractivity contribution in [3.05, 3.63) is 35.7 Å². The Kier molecular flexibility index (Phi) is 7.92. The smallest absolute Gasteiger partial charge is 0.194 e. The third-order valence-corrected chi connectivity index (χ3v) is 4.70. The van der Waals surface area contributed by atoms with Crippen molar-refractivity contribution in [2.75, 3.05) is 13.6 Å². The van der Waals surface area contributed by atoms with Gasteiger partial charge in [0.15, 0.2) is 11.8 Å². The van der Waals surface area contributed by atoms with Crippen LogP contribution in [0, 0.1) is 0 Å². The number of nitrogens with one attached hydrogen (secondary N) is 1. The van der Waals surface area contributed by atoms with Crippen LogP contribution in [0.5, 0.6) is 0 Å². The Hall–Kier alpha value is -1.58. The average molecular weight is 471 g/mol. The molecule has 0 unspecified atom stereocenters. The molecule has 1 N–H and O–H groups in total. The van der Waals surface area contributed by atoms with Crippen LogP contribution in [0.1, 0.15) is 43.5 Å². The summed E-state index contributed by atoms with van der Waals surface area (Å²) in [4.78, 5) is 6.95. The molecule has 3 rings (SSSR count). The summed E-state index contributed by atoms with van der Waals surface area (Å²) in [5.41, 5.74) is 1.25. The molecule has 2 aromatic heterocycles. The number of hydrogen-bond donors (Lipinski definition) is 1. The fraction of sp³-hybridized carbons (Fsp3) is 0.611. The van der Waals surface area contributed by atoms with E-state index in [1.807, 2.05) is 0 Å². The van der Waals surface area contributed by atoms with Crippen molar-refractivity contribution >= 4 is 29.9 Å². The highest BCUT2D eigenvalue weighted by Crippen LogP contribution is 2.15. The molecule has 0 bridgehead atoms. The van der Waals surface area contributed by atoms with Crippen LogP contribution in [-0.2, 0) is 33.1 Å². The maximum atomic E-state index is 4.80. The summed E-state index contributed by atoms with van der Waals surface area (Å²) < 4.78 is 4.40. The summed E-state index contributed by atoms with van der Waals surface area (Å²) in [6.45, 7) is 5.33. The van der Waals surface area contributed by atoms with Crippen LogP contribution in [0.15, 0.2) is 23.3 Å². The number of halogens is 1. The molecule has 3 heterocycles. The minimum Gasteiger partial charge on any atom is -0.357 e. The predicted octanol–water partition coefficient (Wildman–Crippen LogP) is 2.56. The molecule has 0 aliphatic carbocycles. The normalized spacial score (nSPS) is 14.3. The molecule has 144 valence electrons. The van der Waals surface area contributed by atoms with E-state index < -0.39 is 0 Å². The lowest BCUT2D eigenvalue weighted by atomic mass is 10.2. The molecular formula is C18H30IN7. The molecule has 0 aromatic carbocycles. The van der Waals surface area contributed by atoms with Gasteiger partial charge in [-0.25, -0.2) is 4.99 Å². The molecular weight excluding hydrogens is 441 g/mol. The summed E-state index contributed by atoms with van der Waals surface area (Å²) in [6.07, 6.45) is 6.79. The first kappa shape index (κ1) is 20.7. The molecule has 0 spiro atoms. The molecule has 1 aliphatic heterocycles. The van der Waals surface area contributed by atoms with Crippen molar-refractivity contribution in [1.29, 1.82) is 0 Å². The molecule has 2 aromatic rings. The van der Waals surface area contributed by atoms with Crippen molar-refractivity contribution in [2.45, 2.75) is 52.2 Å². The molecule has 0 saturated carbocycles. The third kappa shape index (κ3) is 4.99. The molecule has 7 nitrogen and oxygen atoms in total. The number of guanidine groups is 1. The maximum absolute atomic E-state index is 4.80. The van der Waals surface area contributed by atoms with Gasteiger partial charge in [-0.05, 0) is 31.9 Å². The van der Waals surface area contributed by atoms with E-state index in [0.29, 0.717) is 6.54 Å². The Morgan fingerprint density at radius 1 is 1.31 bits per heavy atom. The minimum atomic E-state index is 0. The lowest BCUT2D eigenvalue weighted by molar-refractivity contribution is 0.461. The van der Waals surface area contributed by atoms with E-state index in [0.717, 1.165) is 43.7 Å². The summed E-state index contributed by atoms with van der Waals surface area (Å²) in [5.74, 6) is 2.99. The molecule has 26 heavy (non-hydrogen) atoms. The van der Waals surface area contributed by atoms with Gasteiger partial charge in [-0.3, -0.25) is 0 Å². The second-order valence-corrected chi connectivity index (χ2v) is 6.63. The van der Waals surface area contributed by atoms with Gasteiger partial charge in [-0.15, -0.1) is 34.2 Å². The van der Waals surface area contributed by atoms with Gasteiger partial charge in [0.25, 0.3) is 0 Å². The average Bonchev–Trinajstić information content (AvgIpc) is 3.09. The van der Waals surface area contributed by atoms with Gasteiger partial charge in [0.05, 0.1) is 6.54 Å². The fourth-order valence-electron chi connectivity index (χ4n) is 3.26. The van der Waals surface area contributed by atoms with E-state index in [1.54, 1.807) is 0 Å². The quantitative estimate of drug-likeness (QED) is 0.414. The number of nitrogens with zero attached hydrogens (tertiary/aromatic N) is 6. The highest BCUT2D eigenvalue weighted by molar-refractivity contribution is 14.0. The Labute approximate surface area is 172 Å². The Bertz CT molecular complexity index is 719. The molecule has 0 atom stereocenters. The first-order valence-corrected chi connectivity index (χ1v) is 9.19. The molecule has 1 aliphatic rings. The van der Waals surface area contributed by atoms with Crippen LogP contribution >= 0.6 is 24.0 Å². The number of aromatic nitrogens is 4. The highest BCUT2D eigenvalue weighted by atomic mass is 127. The molecule has 0 amide bonds. The van der Waals surface area contributed by atoms with E-state index >= 15 is 0 Å². The summed E-state index contributed by atoms with van der Waals surface area (Å²) >= 11 is 0. The van der Waals surface area contributed by atoms with Gasteiger partial charge >= 0.3 is 0 Å². The SMILES string of the molecule is CCNC(=NCc1nnc2n1CCCCC2)N(C)Cc1cccn1C.I. The van der Waals surface area contributed by atoms with Crippen LogP contribution in [0.4, 0.5) is 0 Å². The van der Waals surface area contributed by atoms with Gasteiger partial charge in [0.1, 0.15) is 12.4 Å². The van der Waals surface area contributed by atoms with Crippen molar-refractivity contribution < 1.29 is 0 Å². The lowest BCUT2D eigenvalue weighted by Crippen LogP contribution is -2.38. The van der Waals surface area contributed by atoms with E-state index in [4.69, 9.17) is 4.99 Å². The van der Waals surface area contributed by atoms with Gasteiger partial charge in [-0.1, -0.05) is 6.42 Å². The Morgan fingerprint density at radius 3 is 2.88 bits per heavy atom. The number of fused-ring (bicyclic) bond motifs is 1. The Morgan fingerprint density at radius 2 is 2.15 bits per heavy atom. The van der Waals surface area contributed by atoms with Crippen LogP contribution < -0.4 is 5.32 Å². The Balaban J connectivity index is 0.00000243. The van der Waals surface area contributed by atoms with Gasteiger partial charge in [-0.2, -0.15) is 0 Å². The first-order valence-electron chi connectivity index (χ1n) is 9.19. The van der Waals surface area contributed by atoms with Gasteiger partial charge in [0.2, 0.25) is 0 Å².